The van der Waals surface area contributed by atoms with E-state index in [0.29, 0.717) is 11.2 Å². The molecule has 0 bridgehead atoms. The summed E-state index contributed by atoms with van der Waals surface area (Å²) in [5.74, 6) is -1.56. The van der Waals surface area contributed by atoms with Gasteiger partial charge in [-0.2, -0.15) is 0 Å². The van der Waals surface area contributed by atoms with Crippen molar-refractivity contribution in [2.75, 3.05) is 5.73 Å². The van der Waals surface area contributed by atoms with E-state index in [2.05, 4.69) is 9.97 Å². The molecule has 7 heteroatoms. The van der Waals surface area contributed by atoms with Crippen molar-refractivity contribution in [1.29, 1.82) is 0 Å². The lowest BCUT2D eigenvalue weighted by Gasteiger charge is -2.09. The van der Waals surface area contributed by atoms with Crippen molar-refractivity contribution < 1.29 is 8.78 Å². The Morgan fingerprint density at radius 3 is 2.79 bits per heavy atom. The molecule has 0 amide bonds. The number of benzene rings is 1. The molecule has 0 saturated carbocycles. The highest BCUT2D eigenvalue weighted by molar-refractivity contribution is 6.32. The predicted molar refractivity (Wildman–Crippen MR) is 68.2 cm³/mol. The highest BCUT2D eigenvalue weighted by atomic mass is 35.5. The molecule has 3 aromatic rings. The first kappa shape index (κ1) is 11.9. The van der Waals surface area contributed by atoms with Gasteiger partial charge >= 0.3 is 0 Å². The molecule has 96 valence electrons. The van der Waals surface area contributed by atoms with E-state index in [1.807, 2.05) is 0 Å². The zero-order valence-electron chi connectivity index (χ0n) is 9.44. The van der Waals surface area contributed by atoms with Gasteiger partial charge in [-0.1, -0.05) is 11.6 Å². The third-order valence-corrected chi connectivity index (χ3v) is 2.94. The van der Waals surface area contributed by atoms with Crippen LogP contribution in [0.15, 0.2) is 30.5 Å². The van der Waals surface area contributed by atoms with E-state index in [9.17, 15) is 8.78 Å². The van der Waals surface area contributed by atoms with Gasteiger partial charge in [-0.3, -0.25) is 4.57 Å². The van der Waals surface area contributed by atoms with Crippen molar-refractivity contribution in [2.45, 2.75) is 0 Å². The van der Waals surface area contributed by atoms with Crippen molar-refractivity contribution in [3.8, 4) is 5.69 Å². The number of hydrogen-bond donors (Lipinski definition) is 1. The van der Waals surface area contributed by atoms with Crippen LogP contribution in [0.5, 0.6) is 0 Å². The van der Waals surface area contributed by atoms with Crippen molar-refractivity contribution >= 4 is 28.7 Å². The Kier molecular flexibility index (Phi) is 2.60. The molecular formula is C12H7ClF2N4. The second-order valence-corrected chi connectivity index (χ2v) is 4.28. The Labute approximate surface area is 111 Å². The molecule has 2 N–H and O–H groups in total. The summed E-state index contributed by atoms with van der Waals surface area (Å²) in [5, 5.41) is -0.103. The topological polar surface area (TPSA) is 56.7 Å². The molecule has 0 aliphatic heterocycles. The van der Waals surface area contributed by atoms with Gasteiger partial charge in [0, 0.05) is 12.3 Å². The van der Waals surface area contributed by atoms with E-state index in [1.165, 1.54) is 10.8 Å². The number of nitrogens with two attached hydrogens (primary N) is 1. The molecule has 0 spiro atoms. The van der Waals surface area contributed by atoms with Gasteiger partial charge < -0.3 is 5.73 Å². The van der Waals surface area contributed by atoms with Gasteiger partial charge in [-0.15, -0.1) is 0 Å². The molecule has 0 unspecified atom stereocenters. The van der Waals surface area contributed by atoms with Gasteiger partial charge in [0.1, 0.15) is 17.0 Å². The summed E-state index contributed by atoms with van der Waals surface area (Å²) in [6.07, 6.45) is 1.52. The van der Waals surface area contributed by atoms with Gasteiger partial charge in [0.2, 0.25) is 5.95 Å². The van der Waals surface area contributed by atoms with Crippen molar-refractivity contribution in [3.63, 3.8) is 0 Å². The lowest BCUT2D eigenvalue weighted by molar-refractivity contribution is 0.579. The second kappa shape index (κ2) is 4.17. The smallest absolute Gasteiger partial charge is 0.207 e. The third kappa shape index (κ3) is 1.80. The maximum Gasteiger partial charge on any atom is 0.207 e. The van der Waals surface area contributed by atoms with Crippen LogP contribution in [-0.4, -0.2) is 14.5 Å². The molecular weight excluding hydrogens is 274 g/mol. The molecule has 2 aromatic heterocycles. The normalized spacial score (nSPS) is 11.1. The number of anilines is 1. The molecule has 1 aromatic carbocycles. The number of rotatable bonds is 1. The third-order valence-electron chi connectivity index (χ3n) is 2.65. The van der Waals surface area contributed by atoms with E-state index in [4.69, 9.17) is 17.3 Å². The fourth-order valence-corrected chi connectivity index (χ4v) is 2.18. The van der Waals surface area contributed by atoms with Crippen LogP contribution in [0.25, 0.3) is 16.9 Å². The Balaban J connectivity index is 2.40. The number of aromatic nitrogens is 3. The van der Waals surface area contributed by atoms with Crippen LogP contribution in [0.4, 0.5) is 14.7 Å². The first-order valence-electron chi connectivity index (χ1n) is 5.32. The van der Waals surface area contributed by atoms with Crippen LogP contribution in [0, 0.1) is 11.6 Å². The van der Waals surface area contributed by atoms with Gasteiger partial charge in [0.05, 0.1) is 5.02 Å². The van der Waals surface area contributed by atoms with Crippen LogP contribution in [0.1, 0.15) is 0 Å². The molecule has 0 saturated heterocycles. The predicted octanol–water partition coefficient (Wildman–Crippen LogP) is 2.93. The first-order valence-corrected chi connectivity index (χ1v) is 5.69. The Hall–Kier alpha value is -2.21. The monoisotopic (exact) mass is 280 g/mol. The fraction of sp³-hybridized carbons (Fsp3) is 0. The lowest BCUT2D eigenvalue weighted by Crippen LogP contribution is -2.05. The van der Waals surface area contributed by atoms with E-state index >= 15 is 0 Å². The summed E-state index contributed by atoms with van der Waals surface area (Å²) >= 11 is 5.89. The van der Waals surface area contributed by atoms with Crippen LogP contribution in [0.3, 0.4) is 0 Å². The average Bonchev–Trinajstić information content (AvgIpc) is 2.65. The molecule has 0 fully saturated rings. The minimum Gasteiger partial charge on any atom is -0.369 e. The average molecular weight is 281 g/mol. The molecule has 0 radical (unpaired) electrons. The number of nitrogen functional groups attached to an aromatic ring is 1. The fourth-order valence-electron chi connectivity index (χ4n) is 1.90. The number of hydrogen-bond acceptors (Lipinski definition) is 3. The number of fused-ring (bicyclic) bond motifs is 1. The molecule has 19 heavy (non-hydrogen) atoms. The number of halogens is 3. The number of imidazole rings is 1. The SMILES string of the molecule is Nc1nc2cccnc2n1-c1c(F)cc(F)cc1Cl. The molecule has 0 atom stereocenters. The van der Waals surface area contributed by atoms with Crippen molar-refractivity contribution in [2.24, 2.45) is 0 Å². The van der Waals surface area contributed by atoms with Gasteiger partial charge in [0.15, 0.2) is 11.5 Å². The van der Waals surface area contributed by atoms with E-state index in [-0.39, 0.29) is 16.7 Å². The quantitative estimate of drug-likeness (QED) is 0.745. The number of pyridine rings is 1. The van der Waals surface area contributed by atoms with Crippen LogP contribution < -0.4 is 5.73 Å². The zero-order valence-corrected chi connectivity index (χ0v) is 10.2. The standard InChI is InChI=1S/C12H7ClF2N4/c13-7-4-6(14)5-8(15)10(7)19-11-9(18-12(19)16)2-1-3-17-11/h1-5H,(H2,16,18). The minimum atomic E-state index is -0.832. The van der Waals surface area contributed by atoms with E-state index in [1.54, 1.807) is 12.1 Å². The molecule has 2 heterocycles. The maximum atomic E-state index is 13.9. The second-order valence-electron chi connectivity index (χ2n) is 3.87. The molecule has 4 nitrogen and oxygen atoms in total. The van der Waals surface area contributed by atoms with Crippen molar-refractivity contribution in [1.82, 2.24) is 14.5 Å². The first-order chi connectivity index (χ1) is 9.08. The largest absolute Gasteiger partial charge is 0.369 e. The van der Waals surface area contributed by atoms with E-state index < -0.39 is 11.6 Å². The molecule has 3 rings (SSSR count). The van der Waals surface area contributed by atoms with Crippen LogP contribution >= 0.6 is 11.6 Å². The van der Waals surface area contributed by atoms with Gasteiger partial charge in [-0.25, -0.2) is 18.7 Å². The van der Waals surface area contributed by atoms with Gasteiger partial charge in [-0.05, 0) is 18.2 Å². The summed E-state index contributed by atoms with van der Waals surface area (Å²) < 4.78 is 28.3. The van der Waals surface area contributed by atoms with Crippen LogP contribution in [0.2, 0.25) is 5.02 Å². The summed E-state index contributed by atoms with van der Waals surface area (Å²) in [6.45, 7) is 0. The van der Waals surface area contributed by atoms with E-state index in [0.717, 1.165) is 12.1 Å². The minimum absolute atomic E-state index is 0.0288. The van der Waals surface area contributed by atoms with Gasteiger partial charge in [0.25, 0.3) is 0 Å². The Morgan fingerprint density at radius 2 is 2.05 bits per heavy atom. The summed E-state index contributed by atoms with van der Waals surface area (Å²) in [5.41, 5.74) is 6.54. The Morgan fingerprint density at radius 1 is 1.26 bits per heavy atom. The van der Waals surface area contributed by atoms with Crippen molar-refractivity contribution in [3.05, 3.63) is 47.1 Å². The lowest BCUT2D eigenvalue weighted by atomic mass is 10.3. The summed E-state index contributed by atoms with van der Waals surface area (Å²) in [7, 11) is 0. The molecule has 0 aliphatic rings. The zero-order chi connectivity index (χ0) is 13.6. The highest BCUT2D eigenvalue weighted by Crippen LogP contribution is 2.29. The summed E-state index contributed by atoms with van der Waals surface area (Å²) in [4.78, 5) is 8.14. The maximum absolute atomic E-state index is 13.9. The Bertz CT molecular complexity index is 761. The number of nitrogens with zero attached hydrogens (tertiary/aromatic N) is 3. The van der Waals surface area contributed by atoms with Crippen LogP contribution in [-0.2, 0) is 0 Å². The molecule has 0 aliphatic carbocycles. The highest BCUT2D eigenvalue weighted by Gasteiger charge is 2.18. The summed E-state index contributed by atoms with van der Waals surface area (Å²) in [6, 6.07) is 5.11.